The van der Waals surface area contributed by atoms with Gasteiger partial charge in [-0.25, -0.2) is 4.39 Å². The second-order valence-electron chi connectivity index (χ2n) is 3.85. The first-order chi connectivity index (χ1) is 8.68. The minimum absolute atomic E-state index is 0.207. The maximum absolute atomic E-state index is 13.7. The Bertz CT molecular complexity index is 640. The Kier molecular flexibility index (Phi) is 2.62. The number of nitrogens with one attached hydrogen (secondary N) is 1. The Morgan fingerprint density at radius 1 is 1.50 bits per heavy atom. The van der Waals surface area contributed by atoms with Crippen molar-refractivity contribution in [2.75, 3.05) is 6.54 Å². The lowest BCUT2D eigenvalue weighted by Gasteiger charge is -2.13. The summed E-state index contributed by atoms with van der Waals surface area (Å²) in [7, 11) is 0. The highest BCUT2D eigenvalue weighted by molar-refractivity contribution is 9.10. The number of amides is 1. The van der Waals surface area contributed by atoms with Gasteiger partial charge in [0.15, 0.2) is 5.82 Å². The van der Waals surface area contributed by atoms with Gasteiger partial charge in [0.25, 0.3) is 5.91 Å². The fraction of sp³-hybridized carbons (Fsp3) is 0.182. The lowest BCUT2D eigenvalue weighted by molar-refractivity contribution is 0.0923. The quantitative estimate of drug-likeness (QED) is 0.870. The maximum atomic E-state index is 13.7. The van der Waals surface area contributed by atoms with E-state index in [1.165, 1.54) is 12.3 Å². The van der Waals surface area contributed by atoms with Crippen molar-refractivity contribution < 1.29 is 9.18 Å². The minimum atomic E-state index is -0.464. The van der Waals surface area contributed by atoms with E-state index >= 15 is 0 Å². The SMILES string of the molecule is O=C1NCCn2nc(-c3ccncc3F)c(Br)c21. The van der Waals surface area contributed by atoms with Crippen LogP contribution in [-0.2, 0) is 6.54 Å². The molecule has 0 saturated carbocycles. The van der Waals surface area contributed by atoms with Crippen LogP contribution in [0.25, 0.3) is 11.3 Å². The van der Waals surface area contributed by atoms with Crippen LogP contribution in [0.1, 0.15) is 10.5 Å². The van der Waals surface area contributed by atoms with Crippen LogP contribution in [0.4, 0.5) is 4.39 Å². The molecule has 1 aliphatic rings. The Hall–Kier alpha value is -1.76. The number of carbonyl (C=O) groups is 1. The van der Waals surface area contributed by atoms with Crippen LogP contribution in [-0.4, -0.2) is 27.2 Å². The molecular weight excluding hydrogens is 303 g/mol. The monoisotopic (exact) mass is 310 g/mol. The molecule has 0 spiro atoms. The summed E-state index contributed by atoms with van der Waals surface area (Å²) in [4.78, 5) is 15.4. The molecule has 0 aliphatic carbocycles. The number of carbonyl (C=O) groups excluding carboxylic acids is 1. The summed E-state index contributed by atoms with van der Waals surface area (Å²) in [5.74, 6) is -0.671. The van der Waals surface area contributed by atoms with Gasteiger partial charge in [0, 0.05) is 18.3 Å². The molecule has 92 valence electrons. The van der Waals surface area contributed by atoms with Gasteiger partial charge in [-0.05, 0) is 22.0 Å². The molecule has 1 N–H and O–H groups in total. The van der Waals surface area contributed by atoms with E-state index < -0.39 is 5.82 Å². The van der Waals surface area contributed by atoms with Gasteiger partial charge in [0.1, 0.15) is 11.4 Å². The van der Waals surface area contributed by atoms with Gasteiger partial charge in [0.05, 0.1) is 17.2 Å². The fourth-order valence-corrected chi connectivity index (χ4v) is 2.59. The first-order valence-corrected chi connectivity index (χ1v) is 6.12. The van der Waals surface area contributed by atoms with Crippen molar-refractivity contribution in [3.8, 4) is 11.3 Å². The normalized spacial score (nSPS) is 14.2. The largest absolute Gasteiger partial charge is 0.349 e. The molecule has 0 unspecified atom stereocenters. The van der Waals surface area contributed by atoms with Crippen LogP contribution in [0.2, 0.25) is 0 Å². The average Bonchev–Trinajstić information content (AvgIpc) is 2.69. The molecule has 0 radical (unpaired) electrons. The van der Waals surface area contributed by atoms with Gasteiger partial charge >= 0.3 is 0 Å². The number of hydrogen-bond donors (Lipinski definition) is 1. The molecule has 7 heteroatoms. The second-order valence-corrected chi connectivity index (χ2v) is 4.64. The molecule has 3 heterocycles. The summed E-state index contributed by atoms with van der Waals surface area (Å²) in [5.41, 5.74) is 1.17. The minimum Gasteiger partial charge on any atom is -0.349 e. The van der Waals surface area contributed by atoms with E-state index in [1.54, 1.807) is 4.68 Å². The number of halogens is 2. The zero-order valence-corrected chi connectivity index (χ0v) is 10.7. The van der Waals surface area contributed by atoms with Crippen LogP contribution in [0.5, 0.6) is 0 Å². The van der Waals surface area contributed by atoms with Crippen molar-refractivity contribution in [1.29, 1.82) is 0 Å². The number of fused-ring (bicyclic) bond motifs is 1. The number of rotatable bonds is 1. The Morgan fingerprint density at radius 3 is 3.06 bits per heavy atom. The third-order valence-electron chi connectivity index (χ3n) is 2.75. The zero-order valence-electron chi connectivity index (χ0n) is 9.15. The molecule has 0 aromatic carbocycles. The molecule has 3 rings (SSSR count). The van der Waals surface area contributed by atoms with E-state index in [1.807, 2.05) is 0 Å². The van der Waals surface area contributed by atoms with E-state index in [9.17, 15) is 9.18 Å². The topological polar surface area (TPSA) is 59.8 Å². The molecular formula is C11H8BrFN4O. The number of nitrogens with zero attached hydrogens (tertiary/aromatic N) is 3. The molecule has 0 atom stereocenters. The van der Waals surface area contributed by atoms with Crippen molar-refractivity contribution in [1.82, 2.24) is 20.1 Å². The summed E-state index contributed by atoms with van der Waals surface area (Å²) in [6, 6.07) is 1.53. The van der Waals surface area contributed by atoms with Crippen molar-refractivity contribution in [3.63, 3.8) is 0 Å². The van der Waals surface area contributed by atoms with Crippen LogP contribution in [0, 0.1) is 5.82 Å². The molecule has 1 aliphatic heterocycles. The molecule has 2 aromatic rings. The van der Waals surface area contributed by atoms with Crippen molar-refractivity contribution in [2.24, 2.45) is 0 Å². The van der Waals surface area contributed by atoms with Crippen LogP contribution in [0.15, 0.2) is 22.9 Å². The lowest BCUT2D eigenvalue weighted by Crippen LogP contribution is -2.35. The molecule has 2 aromatic heterocycles. The first-order valence-electron chi connectivity index (χ1n) is 5.33. The highest BCUT2D eigenvalue weighted by Gasteiger charge is 2.26. The summed E-state index contributed by atoms with van der Waals surface area (Å²) >= 11 is 3.32. The van der Waals surface area contributed by atoms with Crippen molar-refractivity contribution in [3.05, 3.63) is 34.4 Å². The Labute approximate surface area is 110 Å². The standard InChI is InChI=1S/C11H8BrFN4O/c12-8-9(6-1-2-14-5-7(6)13)16-17-4-3-15-11(18)10(8)17/h1-2,5H,3-4H2,(H,15,18). The van der Waals surface area contributed by atoms with Crippen molar-refractivity contribution in [2.45, 2.75) is 6.54 Å². The fourth-order valence-electron chi connectivity index (χ4n) is 1.92. The predicted octanol–water partition coefficient (Wildman–Crippen LogP) is 1.59. The summed E-state index contributed by atoms with van der Waals surface area (Å²) < 4.78 is 15.8. The van der Waals surface area contributed by atoms with E-state index in [0.29, 0.717) is 34.5 Å². The van der Waals surface area contributed by atoms with E-state index in [2.05, 4.69) is 31.3 Å². The molecule has 18 heavy (non-hydrogen) atoms. The third-order valence-corrected chi connectivity index (χ3v) is 3.50. The number of aromatic nitrogens is 3. The van der Waals surface area contributed by atoms with E-state index in [4.69, 9.17) is 0 Å². The van der Waals surface area contributed by atoms with Crippen molar-refractivity contribution >= 4 is 21.8 Å². The lowest BCUT2D eigenvalue weighted by atomic mass is 10.2. The highest BCUT2D eigenvalue weighted by Crippen LogP contribution is 2.32. The van der Waals surface area contributed by atoms with E-state index in [0.717, 1.165) is 6.20 Å². The zero-order chi connectivity index (χ0) is 12.7. The number of hydrogen-bond acceptors (Lipinski definition) is 3. The summed E-state index contributed by atoms with van der Waals surface area (Å²) in [6.45, 7) is 1.10. The smallest absolute Gasteiger partial charge is 0.270 e. The second kappa shape index (κ2) is 4.16. The molecule has 1 amide bonds. The summed E-state index contributed by atoms with van der Waals surface area (Å²) in [6.07, 6.45) is 2.61. The van der Waals surface area contributed by atoms with Gasteiger partial charge in [-0.15, -0.1) is 0 Å². The average molecular weight is 311 g/mol. The van der Waals surface area contributed by atoms with Crippen LogP contribution < -0.4 is 5.32 Å². The third kappa shape index (κ3) is 1.62. The predicted molar refractivity (Wildman–Crippen MR) is 65.4 cm³/mol. The Balaban J connectivity index is 2.21. The van der Waals surface area contributed by atoms with Gasteiger partial charge in [-0.3, -0.25) is 14.5 Å². The van der Waals surface area contributed by atoms with Crippen LogP contribution in [0.3, 0.4) is 0 Å². The van der Waals surface area contributed by atoms with Gasteiger partial charge in [-0.1, -0.05) is 0 Å². The Morgan fingerprint density at radius 2 is 2.33 bits per heavy atom. The molecule has 0 bridgehead atoms. The molecule has 0 fully saturated rings. The highest BCUT2D eigenvalue weighted by atomic mass is 79.9. The van der Waals surface area contributed by atoms with Gasteiger partial charge in [0.2, 0.25) is 0 Å². The first kappa shape index (κ1) is 11.3. The van der Waals surface area contributed by atoms with Crippen LogP contribution >= 0.6 is 15.9 Å². The van der Waals surface area contributed by atoms with E-state index in [-0.39, 0.29) is 5.91 Å². The molecule has 5 nitrogen and oxygen atoms in total. The summed E-state index contributed by atoms with van der Waals surface area (Å²) in [5, 5.41) is 7.00. The number of pyridine rings is 1. The molecule has 0 saturated heterocycles. The van der Waals surface area contributed by atoms with Gasteiger partial charge in [-0.2, -0.15) is 5.10 Å². The maximum Gasteiger partial charge on any atom is 0.270 e. The van der Waals surface area contributed by atoms with Gasteiger partial charge < -0.3 is 5.32 Å².